The molecule has 2 aromatic carbocycles. The van der Waals surface area contributed by atoms with E-state index in [0.717, 1.165) is 16.7 Å². The van der Waals surface area contributed by atoms with E-state index in [1.165, 1.54) is 0 Å². The summed E-state index contributed by atoms with van der Waals surface area (Å²) in [5.41, 5.74) is 4.03. The van der Waals surface area contributed by atoms with Crippen LogP contribution in [0.4, 0.5) is 5.69 Å². The summed E-state index contributed by atoms with van der Waals surface area (Å²) in [5.74, 6) is -0.215. The fourth-order valence-electron chi connectivity index (χ4n) is 2.13. The summed E-state index contributed by atoms with van der Waals surface area (Å²) in [6, 6.07) is 12.8. The van der Waals surface area contributed by atoms with Crippen molar-refractivity contribution >= 4 is 23.2 Å². The number of nitriles is 1. The SMILES string of the molecule is Cc1cc(C)c(NC(=O)c2ccc(CC#N)cc2)c(Cl)c1. The maximum absolute atomic E-state index is 12.2. The minimum Gasteiger partial charge on any atom is -0.320 e. The molecular formula is C17H15ClN2O. The van der Waals surface area contributed by atoms with Crippen LogP contribution in [0.2, 0.25) is 5.02 Å². The van der Waals surface area contributed by atoms with Crippen LogP contribution in [0.15, 0.2) is 36.4 Å². The fraction of sp³-hybridized carbons (Fsp3) is 0.176. The van der Waals surface area contributed by atoms with Crippen molar-refractivity contribution in [3.8, 4) is 6.07 Å². The molecule has 0 aliphatic heterocycles. The molecule has 0 aliphatic rings. The number of halogens is 1. The summed E-state index contributed by atoms with van der Waals surface area (Å²) < 4.78 is 0. The Hall–Kier alpha value is -2.31. The van der Waals surface area contributed by atoms with Gasteiger partial charge in [-0.2, -0.15) is 5.26 Å². The molecule has 0 aliphatic carbocycles. The maximum atomic E-state index is 12.2. The molecule has 106 valence electrons. The minimum atomic E-state index is -0.215. The van der Waals surface area contributed by atoms with E-state index in [4.69, 9.17) is 16.9 Å². The van der Waals surface area contributed by atoms with Gasteiger partial charge in [0.25, 0.3) is 5.91 Å². The molecule has 0 aromatic heterocycles. The largest absolute Gasteiger partial charge is 0.320 e. The lowest BCUT2D eigenvalue weighted by Crippen LogP contribution is -2.13. The van der Waals surface area contributed by atoms with Crippen LogP contribution >= 0.6 is 11.6 Å². The zero-order chi connectivity index (χ0) is 15.4. The van der Waals surface area contributed by atoms with Gasteiger partial charge in [-0.15, -0.1) is 0 Å². The molecule has 0 spiro atoms. The Morgan fingerprint density at radius 1 is 1.24 bits per heavy atom. The number of anilines is 1. The first-order valence-electron chi connectivity index (χ1n) is 6.55. The van der Waals surface area contributed by atoms with Crippen molar-refractivity contribution in [3.05, 3.63) is 63.7 Å². The molecule has 21 heavy (non-hydrogen) atoms. The van der Waals surface area contributed by atoms with Gasteiger partial charge in [0, 0.05) is 5.56 Å². The van der Waals surface area contributed by atoms with Crippen molar-refractivity contribution in [3.63, 3.8) is 0 Å². The van der Waals surface area contributed by atoms with Gasteiger partial charge in [-0.25, -0.2) is 0 Å². The van der Waals surface area contributed by atoms with Crippen LogP contribution in [0, 0.1) is 25.2 Å². The van der Waals surface area contributed by atoms with Crippen molar-refractivity contribution in [2.75, 3.05) is 5.32 Å². The number of aryl methyl sites for hydroxylation is 2. The summed E-state index contributed by atoms with van der Waals surface area (Å²) in [6.45, 7) is 3.86. The second kappa shape index (κ2) is 6.43. The lowest BCUT2D eigenvalue weighted by Gasteiger charge is -2.11. The van der Waals surface area contributed by atoms with Crippen LogP contribution in [0.1, 0.15) is 27.0 Å². The molecule has 0 heterocycles. The highest BCUT2D eigenvalue weighted by Gasteiger charge is 2.11. The highest BCUT2D eigenvalue weighted by Crippen LogP contribution is 2.27. The van der Waals surface area contributed by atoms with Gasteiger partial charge < -0.3 is 5.32 Å². The molecule has 0 fully saturated rings. The standard InChI is InChI=1S/C17H15ClN2O/c1-11-9-12(2)16(15(18)10-11)20-17(21)14-5-3-13(4-6-14)7-8-19/h3-6,9-10H,7H2,1-2H3,(H,20,21). The first kappa shape index (κ1) is 15.1. The molecule has 0 atom stereocenters. The number of nitrogens with one attached hydrogen (secondary N) is 1. The molecule has 1 N–H and O–H groups in total. The molecule has 0 saturated heterocycles. The van der Waals surface area contributed by atoms with Crippen LogP contribution < -0.4 is 5.32 Å². The van der Waals surface area contributed by atoms with E-state index in [1.807, 2.05) is 26.0 Å². The smallest absolute Gasteiger partial charge is 0.255 e. The molecule has 2 aromatic rings. The van der Waals surface area contributed by atoms with Crippen molar-refractivity contribution in [2.24, 2.45) is 0 Å². The van der Waals surface area contributed by atoms with Crippen LogP contribution in [-0.2, 0) is 6.42 Å². The third-order valence-electron chi connectivity index (χ3n) is 3.17. The Labute approximate surface area is 129 Å². The van der Waals surface area contributed by atoms with Gasteiger partial charge in [-0.05, 0) is 48.7 Å². The van der Waals surface area contributed by atoms with Crippen molar-refractivity contribution in [1.29, 1.82) is 5.26 Å². The second-order valence-electron chi connectivity index (χ2n) is 4.92. The number of hydrogen-bond donors (Lipinski definition) is 1. The Bertz CT molecular complexity index is 692. The van der Waals surface area contributed by atoms with Crippen molar-refractivity contribution < 1.29 is 4.79 Å². The van der Waals surface area contributed by atoms with E-state index in [0.29, 0.717) is 22.7 Å². The zero-order valence-electron chi connectivity index (χ0n) is 11.9. The predicted molar refractivity (Wildman–Crippen MR) is 84.6 cm³/mol. The first-order chi connectivity index (χ1) is 10.0. The van der Waals surface area contributed by atoms with E-state index in [1.54, 1.807) is 24.3 Å². The third kappa shape index (κ3) is 3.62. The zero-order valence-corrected chi connectivity index (χ0v) is 12.7. The Balaban J connectivity index is 2.20. The summed E-state index contributed by atoms with van der Waals surface area (Å²) in [6.07, 6.45) is 0.338. The van der Waals surface area contributed by atoms with Gasteiger partial charge in [-0.1, -0.05) is 29.8 Å². The number of nitrogens with zero attached hydrogens (tertiary/aromatic N) is 1. The molecule has 4 heteroatoms. The van der Waals surface area contributed by atoms with E-state index in [-0.39, 0.29) is 5.91 Å². The number of carbonyl (C=O) groups is 1. The number of rotatable bonds is 3. The van der Waals surface area contributed by atoms with Crippen LogP contribution in [0.25, 0.3) is 0 Å². The van der Waals surface area contributed by atoms with Gasteiger partial charge in [0.05, 0.1) is 23.2 Å². The monoisotopic (exact) mass is 298 g/mol. The van der Waals surface area contributed by atoms with Crippen LogP contribution in [0.3, 0.4) is 0 Å². The van der Waals surface area contributed by atoms with Crippen molar-refractivity contribution in [2.45, 2.75) is 20.3 Å². The highest BCUT2D eigenvalue weighted by molar-refractivity contribution is 6.34. The normalized spacial score (nSPS) is 10.0. The average Bonchev–Trinajstić information content (AvgIpc) is 2.43. The number of hydrogen-bond acceptors (Lipinski definition) is 2. The summed E-state index contributed by atoms with van der Waals surface area (Å²) in [4.78, 5) is 12.2. The molecule has 0 bridgehead atoms. The average molecular weight is 299 g/mol. The van der Waals surface area contributed by atoms with Gasteiger partial charge in [0.2, 0.25) is 0 Å². The molecule has 1 amide bonds. The van der Waals surface area contributed by atoms with E-state index in [2.05, 4.69) is 11.4 Å². The topological polar surface area (TPSA) is 52.9 Å². The van der Waals surface area contributed by atoms with Gasteiger partial charge in [0.1, 0.15) is 0 Å². The Morgan fingerprint density at radius 3 is 2.48 bits per heavy atom. The Kier molecular flexibility index (Phi) is 4.62. The van der Waals surface area contributed by atoms with Gasteiger partial charge in [-0.3, -0.25) is 4.79 Å². The number of carbonyl (C=O) groups excluding carboxylic acids is 1. The molecule has 0 saturated carbocycles. The third-order valence-corrected chi connectivity index (χ3v) is 3.47. The summed E-state index contributed by atoms with van der Waals surface area (Å²) in [7, 11) is 0. The molecular weight excluding hydrogens is 284 g/mol. The van der Waals surface area contributed by atoms with E-state index < -0.39 is 0 Å². The van der Waals surface area contributed by atoms with E-state index >= 15 is 0 Å². The summed E-state index contributed by atoms with van der Waals surface area (Å²) >= 11 is 6.18. The molecule has 3 nitrogen and oxygen atoms in total. The Morgan fingerprint density at radius 2 is 1.90 bits per heavy atom. The number of amides is 1. The lowest BCUT2D eigenvalue weighted by atomic mass is 10.1. The number of benzene rings is 2. The maximum Gasteiger partial charge on any atom is 0.255 e. The fourth-order valence-corrected chi connectivity index (χ4v) is 2.49. The quantitative estimate of drug-likeness (QED) is 0.919. The summed E-state index contributed by atoms with van der Waals surface area (Å²) in [5, 5.41) is 12.0. The highest BCUT2D eigenvalue weighted by atomic mass is 35.5. The molecule has 2 rings (SSSR count). The van der Waals surface area contributed by atoms with E-state index in [9.17, 15) is 4.79 Å². The lowest BCUT2D eigenvalue weighted by molar-refractivity contribution is 0.102. The van der Waals surface area contributed by atoms with Crippen LogP contribution in [0.5, 0.6) is 0 Å². The predicted octanol–water partition coefficient (Wildman–Crippen LogP) is 4.28. The minimum absolute atomic E-state index is 0.215. The first-order valence-corrected chi connectivity index (χ1v) is 6.93. The van der Waals surface area contributed by atoms with Crippen LogP contribution in [-0.4, -0.2) is 5.91 Å². The van der Waals surface area contributed by atoms with Gasteiger partial charge in [0.15, 0.2) is 0 Å². The molecule has 0 radical (unpaired) electrons. The van der Waals surface area contributed by atoms with Gasteiger partial charge >= 0.3 is 0 Å². The van der Waals surface area contributed by atoms with Crippen molar-refractivity contribution in [1.82, 2.24) is 0 Å². The molecule has 0 unspecified atom stereocenters. The second-order valence-corrected chi connectivity index (χ2v) is 5.33.